The molecule has 4 nitrogen and oxygen atoms in total. The number of hydrogen-bond acceptors (Lipinski definition) is 4. The molecule has 0 spiro atoms. The third-order valence-electron chi connectivity index (χ3n) is 1.74. The summed E-state index contributed by atoms with van der Waals surface area (Å²) in [6.07, 6.45) is 1.65. The average Bonchev–Trinajstić information content (AvgIpc) is 2.17. The molecule has 0 bridgehead atoms. The van der Waals surface area contributed by atoms with Gasteiger partial charge in [0.05, 0.1) is 13.3 Å². The summed E-state index contributed by atoms with van der Waals surface area (Å²) in [5, 5.41) is 7.39. The van der Waals surface area contributed by atoms with Crippen LogP contribution in [0.2, 0.25) is 0 Å². The van der Waals surface area contributed by atoms with Crippen molar-refractivity contribution in [2.24, 2.45) is 0 Å². The molecule has 0 aliphatic carbocycles. The van der Waals surface area contributed by atoms with Crippen LogP contribution in [0.4, 0.5) is 0 Å². The van der Waals surface area contributed by atoms with E-state index in [4.69, 9.17) is 0 Å². The first-order valence-electron chi connectivity index (χ1n) is 4.06. The molecule has 0 atom stereocenters. The number of ether oxygens (including phenoxy) is 1. The van der Waals surface area contributed by atoms with Crippen molar-refractivity contribution in [1.82, 2.24) is 10.2 Å². The van der Waals surface area contributed by atoms with Crippen molar-refractivity contribution in [1.29, 1.82) is 0 Å². The SMILES string of the molecule is COC(=O)c1cc(C(C)C)cnn1. The van der Waals surface area contributed by atoms with E-state index in [2.05, 4.69) is 14.9 Å². The molecule has 0 amide bonds. The van der Waals surface area contributed by atoms with E-state index in [-0.39, 0.29) is 5.69 Å². The summed E-state index contributed by atoms with van der Waals surface area (Å²) in [5.41, 5.74) is 1.24. The molecule has 0 aliphatic rings. The maximum atomic E-state index is 11.1. The van der Waals surface area contributed by atoms with Gasteiger partial charge in [-0.2, -0.15) is 5.10 Å². The van der Waals surface area contributed by atoms with Crippen LogP contribution in [0.25, 0.3) is 0 Å². The van der Waals surface area contributed by atoms with E-state index in [1.165, 1.54) is 7.11 Å². The minimum atomic E-state index is -0.449. The Kier molecular flexibility index (Phi) is 2.95. The molecule has 0 aromatic carbocycles. The summed E-state index contributed by atoms with van der Waals surface area (Å²) in [6, 6.07) is 1.70. The Morgan fingerprint density at radius 1 is 1.54 bits per heavy atom. The predicted molar refractivity (Wildman–Crippen MR) is 47.5 cm³/mol. The Morgan fingerprint density at radius 2 is 2.23 bits per heavy atom. The lowest BCUT2D eigenvalue weighted by atomic mass is 10.1. The third kappa shape index (κ3) is 2.24. The Hall–Kier alpha value is -1.45. The van der Waals surface area contributed by atoms with Gasteiger partial charge in [0.2, 0.25) is 0 Å². The molecule has 0 aliphatic heterocycles. The van der Waals surface area contributed by atoms with Crippen molar-refractivity contribution in [3.05, 3.63) is 23.5 Å². The Labute approximate surface area is 76.9 Å². The molecule has 0 radical (unpaired) electrons. The van der Waals surface area contributed by atoms with Crippen LogP contribution in [0.15, 0.2) is 12.3 Å². The second-order valence-electron chi connectivity index (χ2n) is 3.02. The van der Waals surface area contributed by atoms with Gasteiger partial charge in [0.15, 0.2) is 5.69 Å². The Balaban J connectivity index is 2.98. The summed E-state index contributed by atoms with van der Waals surface area (Å²) >= 11 is 0. The van der Waals surface area contributed by atoms with E-state index in [0.29, 0.717) is 5.92 Å². The standard InChI is InChI=1S/C9H12N2O2/c1-6(2)7-4-8(9(12)13-3)11-10-5-7/h4-6H,1-3H3. The van der Waals surface area contributed by atoms with Crippen molar-refractivity contribution in [3.8, 4) is 0 Å². The molecule has 13 heavy (non-hydrogen) atoms. The highest BCUT2D eigenvalue weighted by Gasteiger charge is 2.09. The van der Waals surface area contributed by atoms with Gasteiger partial charge in [-0.1, -0.05) is 13.8 Å². The monoisotopic (exact) mass is 180 g/mol. The Bertz CT molecular complexity index is 310. The van der Waals surface area contributed by atoms with Gasteiger partial charge >= 0.3 is 5.97 Å². The second kappa shape index (κ2) is 3.98. The van der Waals surface area contributed by atoms with Crippen LogP contribution >= 0.6 is 0 Å². The molecule has 0 N–H and O–H groups in total. The highest BCUT2D eigenvalue weighted by atomic mass is 16.5. The highest BCUT2D eigenvalue weighted by Crippen LogP contribution is 2.12. The van der Waals surface area contributed by atoms with E-state index >= 15 is 0 Å². The molecule has 0 saturated heterocycles. The van der Waals surface area contributed by atoms with E-state index in [1.54, 1.807) is 12.3 Å². The maximum Gasteiger partial charge on any atom is 0.358 e. The van der Waals surface area contributed by atoms with Crippen molar-refractivity contribution >= 4 is 5.97 Å². The first-order chi connectivity index (χ1) is 6.15. The Morgan fingerprint density at radius 3 is 2.77 bits per heavy atom. The van der Waals surface area contributed by atoms with Crippen LogP contribution in [-0.4, -0.2) is 23.3 Å². The van der Waals surface area contributed by atoms with Crippen LogP contribution in [-0.2, 0) is 4.74 Å². The number of hydrogen-bond donors (Lipinski definition) is 0. The van der Waals surface area contributed by atoms with E-state index in [0.717, 1.165) is 5.56 Å². The highest BCUT2D eigenvalue weighted by molar-refractivity contribution is 5.87. The molecule has 4 heteroatoms. The first-order valence-corrected chi connectivity index (χ1v) is 4.06. The zero-order valence-electron chi connectivity index (χ0n) is 7.94. The van der Waals surface area contributed by atoms with Crippen molar-refractivity contribution in [3.63, 3.8) is 0 Å². The fraction of sp³-hybridized carbons (Fsp3) is 0.444. The molecule has 70 valence electrons. The smallest absolute Gasteiger partial charge is 0.358 e. The number of esters is 1. The summed E-state index contributed by atoms with van der Waals surface area (Å²) in [5.74, 6) is -0.117. The van der Waals surface area contributed by atoms with Crippen molar-refractivity contribution in [2.45, 2.75) is 19.8 Å². The molecule has 1 rings (SSSR count). The molecule has 1 heterocycles. The van der Waals surface area contributed by atoms with E-state index < -0.39 is 5.97 Å². The second-order valence-corrected chi connectivity index (χ2v) is 3.02. The van der Waals surface area contributed by atoms with Crippen LogP contribution in [0.3, 0.4) is 0 Å². The molecule has 0 fully saturated rings. The largest absolute Gasteiger partial charge is 0.464 e. The van der Waals surface area contributed by atoms with Crippen molar-refractivity contribution in [2.75, 3.05) is 7.11 Å². The minimum Gasteiger partial charge on any atom is -0.464 e. The molecule has 1 aromatic rings. The van der Waals surface area contributed by atoms with Gasteiger partial charge in [0, 0.05) is 0 Å². The number of carbonyl (C=O) groups is 1. The lowest BCUT2D eigenvalue weighted by Gasteiger charge is -2.04. The number of methoxy groups -OCH3 is 1. The van der Waals surface area contributed by atoms with Crippen LogP contribution in [0.5, 0.6) is 0 Å². The molecular formula is C9H12N2O2. The lowest BCUT2D eigenvalue weighted by Crippen LogP contribution is -2.06. The fourth-order valence-corrected chi connectivity index (χ4v) is 0.902. The molecular weight excluding hydrogens is 168 g/mol. The van der Waals surface area contributed by atoms with E-state index in [1.807, 2.05) is 13.8 Å². The summed E-state index contributed by atoms with van der Waals surface area (Å²) in [4.78, 5) is 11.1. The van der Waals surface area contributed by atoms with Gasteiger partial charge in [-0.3, -0.25) is 0 Å². The lowest BCUT2D eigenvalue weighted by molar-refractivity contribution is 0.0592. The zero-order valence-corrected chi connectivity index (χ0v) is 7.94. The predicted octanol–water partition coefficient (Wildman–Crippen LogP) is 1.39. The van der Waals surface area contributed by atoms with Gasteiger partial charge in [-0.15, -0.1) is 5.10 Å². The maximum absolute atomic E-state index is 11.1. The normalized spacial score (nSPS) is 10.2. The van der Waals surface area contributed by atoms with Crippen molar-refractivity contribution < 1.29 is 9.53 Å². The minimum absolute atomic E-state index is 0.258. The average molecular weight is 180 g/mol. The summed E-state index contributed by atoms with van der Waals surface area (Å²) < 4.78 is 4.53. The quantitative estimate of drug-likeness (QED) is 0.645. The number of rotatable bonds is 2. The van der Waals surface area contributed by atoms with Crippen LogP contribution in [0.1, 0.15) is 35.8 Å². The van der Waals surface area contributed by atoms with Gasteiger partial charge in [-0.25, -0.2) is 4.79 Å². The first kappa shape index (κ1) is 9.64. The number of carbonyl (C=O) groups excluding carboxylic acids is 1. The zero-order chi connectivity index (χ0) is 9.84. The molecule has 0 unspecified atom stereocenters. The van der Waals surface area contributed by atoms with Crippen LogP contribution < -0.4 is 0 Å². The summed E-state index contributed by atoms with van der Waals surface area (Å²) in [7, 11) is 1.33. The van der Waals surface area contributed by atoms with Gasteiger partial charge in [0.1, 0.15) is 0 Å². The molecule has 1 aromatic heterocycles. The van der Waals surface area contributed by atoms with Gasteiger partial charge < -0.3 is 4.74 Å². The van der Waals surface area contributed by atoms with E-state index in [9.17, 15) is 4.79 Å². The number of aromatic nitrogens is 2. The van der Waals surface area contributed by atoms with Gasteiger partial charge in [-0.05, 0) is 17.5 Å². The topological polar surface area (TPSA) is 52.1 Å². The third-order valence-corrected chi connectivity index (χ3v) is 1.74. The molecule has 0 saturated carbocycles. The fourth-order valence-electron chi connectivity index (χ4n) is 0.902. The summed E-state index contributed by atoms with van der Waals surface area (Å²) in [6.45, 7) is 4.05. The number of nitrogens with zero attached hydrogens (tertiary/aromatic N) is 2. The van der Waals surface area contributed by atoms with Gasteiger partial charge in [0.25, 0.3) is 0 Å². The van der Waals surface area contributed by atoms with Crippen LogP contribution in [0, 0.1) is 0 Å².